The Labute approximate surface area is 227 Å². The van der Waals surface area contributed by atoms with E-state index in [0.29, 0.717) is 6.61 Å². The van der Waals surface area contributed by atoms with E-state index in [9.17, 15) is 23.2 Å². The molecule has 0 saturated carbocycles. The van der Waals surface area contributed by atoms with Crippen LogP contribution in [0.2, 0.25) is 5.02 Å². The van der Waals surface area contributed by atoms with E-state index in [1.165, 1.54) is 41.4 Å². The average Bonchev–Trinajstić information content (AvgIpc) is 2.90. The highest BCUT2D eigenvalue weighted by atomic mass is 35.5. The van der Waals surface area contributed by atoms with Crippen LogP contribution >= 0.6 is 11.6 Å². The lowest BCUT2D eigenvalue weighted by Gasteiger charge is -2.37. The second-order valence-corrected chi connectivity index (χ2v) is 8.75. The molecule has 0 radical (unpaired) electrons. The molecule has 204 valence electrons. The van der Waals surface area contributed by atoms with Gasteiger partial charge in [-0.1, -0.05) is 11.6 Å². The predicted octanol–water partition coefficient (Wildman–Crippen LogP) is 4.45. The van der Waals surface area contributed by atoms with Gasteiger partial charge in [0.2, 0.25) is 11.8 Å². The molecule has 1 saturated heterocycles. The molecule has 3 N–H and O–H groups in total. The van der Waals surface area contributed by atoms with Crippen LogP contribution in [0, 0.1) is 17.6 Å². The zero-order valence-corrected chi connectivity index (χ0v) is 21.5. The van der Waals surface area contributed by atoms with Crippen LogP contribution in [-0.4, -0.2) is 54.0 Å². The van der Waals surface area contributed by atoms with Crippen LogP contribution < -0.4 is 20.7 Å². The molecular weight excluding hydrogens is 536 g/mol. The summed E-state index contributed by atoms with van der Waals surface area (Å²) in [5.74, 6) is -4.36. The van der Waals surface area contributed by atoms with Crippen molar-refractivity contribution in [3.8, 4) is 11.5 Å². The molecule has 39 heavy (non-hydrogen) atoms. The van der Waals surface area contributed by atoms with Gasteiger partial charge in [-0.25, -0.2) is 23.5 Å². The topological polar surface area (TPSA) is 127 Å². The standard InChI is InChI=1S/C26H24ClF2N5O5/c1-2-38-12-11-33-14-18(25(36)34(26(33)37)17-6-3-15(28)4-7-17)24(35)32-16-5-8-20(19(29)13-16)39-21-9-10-31-23(30)22(21)27/h3-10,13,18H,2,11-12,14H2,1H3,(H2,30,31)(H,32,35). The Morgan fingerprint density at radius 2 is 1.90 bits per heavy atom. The predicted molar refractivity (Wildman–Crippen MR) is 140 cm³/mol. The number of anilines is 3. The van der Waals surface area contributed by atoms with Crippen LogP contribution in [0.15, 0.2) is 54.7 Å². The van der Waals surface area contributed by atoms with Gasteiger partial charge in [0.25, 0.3) is 0 Å². The molecule has 1 atom stereocenters. The number of amides is 4. The van der Waals surface area contributed by atoms with Crippen molar-refractivity contribution in [3.05, 3.63) is 71.4 Å². The molecule has 0 bridgehead atoms. The van der Waals surface area contributed by atoms with E-state index in [1.807, 2.05) is 0 Å². The highest BCUT2D eigenvalue weighted by Crippen LogP contribution is 2.34. The molecule has 1 aromatic heterocycles. The minimum atomic E-state index is -1.33. The van der Waals surface area contributed by atoms with Crippen LogP contribution in [-0.2, 0) is 14.3 Å². The van der Waals surface area contributed by atoms with E-state index in [1.54, 1.807) is 6.92 Å². The number of nitrogen functional groups attached to an aromatic ring is 1. The van der Waals surface area contributed by atoms with Gasteiger partial charge in [-0.15, -0.1) is 0 Å². The van der Waals surface area contributed by atoms with Gasteiger partial charge in [-0.05, 0) is 43.3 Å². The van der Waals surface area contributed by atoms with Crippen LogP contribution in [0.3, 0.4) is 0 Å². The molecule has 1 unspecified atom stereocenters. The van der Waals surface area contributed by atoms with Crippen LogP contribution in [0.1, 0.15) is 6.92 Å². The molecule has 1 aliphatic heterocycles. The first kappa shape index (κ1) is 27.7. The number of nitrogens with one attached hydrogen (secondary N) is 1. The summed E-state index contributed by atoms with van der Waals surface area (Å²) in [4.78, 5) is 45.5. The maximum atomic E-state index is 14.8. The van der Waals surface area contributed by atoms with E-state index in [-0.39, 0.29) is 53.4 Å². The number of rotatable bonds is 9. The molecule has 0 spiro atoms. The van der Waals surface area contributed by atoms with Crippen molar-refractivity contribution < 1.29 is 32.6 Å². The molecule has 2 aromatic carbocycles. The SMILES string of the molecule is CCOCCN1CC(C(=O)Nc2ccc(Oc3ccnc(N)c3Cl)c(F)c2)C(=O)N(c2ccc(F)cc2)C1=O. The number of aromatic nitrogens is 1. The smallest absolute Gasteiger partial charge is 0.331 e. The van der Waals surface area contributed by atoms with Crippen LogP contribution in [0.5, 0.6) is 11.5 Å². The minimum absolute atomic E-state index is 0.0130. The molecule has 1 fully saturated rings. The van der Waals surface area contributed by atoms with Crippen molar-refractivity contribution in [2.75, 3.05) is 42.3 Å². The van der Waals surface area contributed by atoms with Gasteiger partial charge in [-0.2, -0.15) is 0 Å². The Hall–Kier alpha value is -4.29. The normalized spacial score (nSPS) is 15.4. The first-order chi connectivity index (χ1) is 18.7. The number of pyridine rings is 1. The van der Waals surface area contributed by atoms with Gasteiger partial charge in [0.1, 0.15) is 22.6 Å². The molecule has 13 heteroatoms. The Bertz CT molecular complexity index is 1390. The Balaban J connectivity index is 1.53. The van der Waals surface area contributed by atoms with Gasteiger partial charge in [-0.3, -0.25) is 9.59 Å². The third kappa shape index (κ3) is 6.24. The molecular formula is C26H24ClF2N5O5. The molecule has 3 aromatic rings. The van der Waals surface area contributed by atoms with E-state index in [4.69, 9.17) is 26.8 Å². The van der Waals surface area contributed by atoms with Crippen LogP contribution in [0.4, 0.5) is 30.8 Å². The van der Waals surface area contributed by atoms with E-state index >= 15 is 0 Å². The van der Waals surface area contributed by atoms with Gasteiger partial charge >= 0.3 is 6.03 Å². The number of ether oxygens (including phenoxy) is 2. The molecule has 4 amide bonds. The molecule has 4 rings (SSSR count). The number of carbonyl (C=O) groups is 3. The Morgan fingerprint density at radius 3 is 2.59 bits per heavy atom. The van der Waals surface area contributed by atoms with Crippen molar-refractivity contribution >= 4 is 46.6 Å². The lowest BCUT2D eigenvalue weighted by Crippen LogP contribution is -2.60. The number of urea groups is 1. The van der Waals surface area contributed by atoms with Gasteiger partial charge in [0.05, 0.1) is 12.3 Å². The highest BCUT2D eigenvalue weighted by Gasteiger charge is 2.43. The Kier molecular flexibility index (Phi) is 8.57. The van der Waals surface area contributed by atoms with Gasteiger partial charge in [0, 0.05) is 43.7 Å². The summed E-state index contributed by atoms with van der Waals surface area (Å²) in [6.45, 7) is 2.28. The number of imide groups is 1. The fourth-order valence-electron chi connectivity index (χ4n) is 3.83. The minimum Gasteiger partial charge on any atom is -0.453 e. The number of halogens is 3. The van der Waals surface area contributed by atoms with Crippen molar-refractivity contribution in [2.45, 2.75) is 6.92 Å². The summed E-state index contributed by atoms with van der Waals surface area (Å²) in [6, 6.07) is 9.13. The zero-order chi connectivity index (χ0) is 28.1. The maximum Gasteiger partial charge on any atom is 0.331 e. The second-order valence-electron chi connectivity index (χ2n) is 8.37. The molecule has 1 aliphatic rings. The monoisotopic (exact) mass is 559 g/mol. The number of carbonyl (C=O) groups excluding carboxylic acids is 3. The van der Waals surface area contributed by atoms with Gasteiger partial charge in [0.15, 0.2) is 17.3 Å². The fourth-order valence-corrected chi connectivity index (χ4v) is 3.98. The average molecular weight is 560 g/mol. The second kappa shape index (κ2) is 12.0. The van der Waals surface area contributed by atoms with Crippen LogP contribution in [0.25, 0.3) is 0 Å². The van der Waals surface area contributed by atoms with Crippen molar-refractivity contribution in [1.29, 1.82) is 0 Å². The lowest BCUT2D eigenvalue weighted by molar-refractivity contribution is -0.132. The number of nitrogens with two attached hydrogens (primary N) is 1. The summed E-state index contributed by atoms with van der Waals surface area (Å²) in [6.07, 6.45) is 1.35. The van der Waals surface area contributed by atoms with Crippen molar-refractivity contribution in [2.24, 2.45) is 5.92 Å². The number of hydrogen-bond acceptors (Lipinski definition) is 7. The molecule has 2 heterocycles. The van der Waals surface area contributed by atoms with E-state index in [2.05, 4.69) is 10.3 Å². The first-order valence-corrected chi connectivity index (χ1v) is 12.2. The summed E-state index contributed by atoms with van der Waals surface area (Å²) in [7, 11) is 0. The number of nitrogens with zero attached hydrogens (tertiary/aromatic N) is 3. The first-order valence-electron chi connectivity index (χ1n) is 11.8. The zero-order valence-electron chi connectivity index (χ0n) is 20.7. The lowest BCUT2D eigenvalue weighted by atomic mass is 10.0. The summed E-state index contributed by atoms with van der Waals surface area (Å²) >= 11 is 6.04. The maximum absolute atomic E-state index is 14.8. The summed E-state index contributed by atoms with van der Waals surface area (Å²) in [5.41, 5.74) is 5.79. The van der Waals surface area contributed by atoms with Gasteiger partial charge < -0.3 is 25.4 Å². The number of benzene rings is 2. The third-order valence-electron chi connectivity index (χ3n) is 5.79. The third-order valence-corrected chi connectivity index (χ3v) is 6.17. The Morgan fingerprint density at radius 1 is 1.15 bits per heavy atom. The molecule has 10 nitrogen and oxygen atoms in total. The van der Waals surface area contributed by atoms with E-state index in [0.717, 1.165) is 23.1 Å². The van der Waals surface area contributed by atoms with Crippen molar-refractivity contribution in [1.82, 2.24) is 9.88 Å². The van der Waals surface area contributed by atoms with E-state index < -0.39 is 35.4 Å². The quantitative estimate of drug-likeness (QED) is 0.293. The van der Waals surface area contributed by atoms with Crippen molar-refractivity contribution in [3.63, 3.8) is 0 Å². The fraction of sp³-hybridized carbons (Fsp3) is 0.231. The number of hydrogen-bond donors (Lipinski definition) is 2. The summed E-state index contributed by atoms with van der Waals surface area (Å²) < 4.78 is 39.1. The molecule has 0 aliphatic carbocycles. The largest absolute Gasteiger partial charge is 0.453 e. The highest BCUT2D eigenvalue weighted by molar-refractivity contribution is 6.34. The summed E-state index contributed by atoms with van der Waals surface area (Å²) in [5, 5.41) is 2.52.